The number of primary amides is 1. The molecule has 0 aliphatic carbocycles. The van der Waals surface area contributed by atoms with E-state index >= 15 is 0 Å². The third kappa shape index (κ3) is 1.70. The molecule has 5 heteroatoms. The highest BCUT2D eigenvalue weighted by Gasteiger charge is 1.98. The predicted octanol–water partition coefficient (Wildman–Crippen LogP) is 0.942. The summed E-state index contributed by atoms with van der Waals surface area (Å²) in [5.41, 5.74) is 5.75. The Hall–Kier alpha value is -1.10. The number of nitrogens with one attached hydrogen (secondary N) is 1. The number of carbonyl (C=O) groups excluding carboxylic acids is 1. The highest BCUT2D eigenvalue weighted by Crippen LogP contribution is 2.14. The summed E-state index contributed by atoms with van der Waals surface area (Å²) >= 11 is 1.22. The molecule has 0 aliphatic rings. The second kappa shape index (κ2) is 2.66. The van der Waals surface area contributed by atoms with Gasteiger partial charge in [-0.25, -0.2) is 4.79 Å². The van der Waals surface area contributed by atoms with Gasteiger partial charge >= 0.3 is 6.03 Å². The summed E-state index contributed by atoms with van der Waals surface area (Å²) in [6.45, 7) is 1.85. The standard InChI is InChI=1S/C5H7N3OS/c1-3-2-4(10-8-3)7-5(6)9/h2H,1H3,(H3,6,7,9). The van der Waals surface area contributed by atoms with Crippen LogP contribution in [0.25, 0.3) is 0 Å². The van der Waals surface area contributed by atoms with E-state index in [0.29, 0.717) is 5.00 Å². The molecule has 0 aliphatic heterocycles. The number of amides is 2. The first-order chi connectivity index (χ1) is 4.68. The van der Waals surface area contributed by atoms with Gasteiger partial charge in [0.1, 0.15) is 5.00 Å². The molecule has 1 aromatic rings. The lowest BCUT2D eigenvalue weighted by atomic mass is 10.5. The van der Waals surface area contributed by atoms with Gasteiger partial charge in [-0.1, -0.05) is 0 Å². The van der Waals surface area contributed by atoms with Crippen LogP contribution in [-0.2, 0) is 0 Å². The average molecular weight is 157 g/mol. The molecular formula is C5H7N3OS. The van der Waals surface area contributed by atoms with Gasteiger partial charge in [-0.05, 0) is 24.5 Å². The molecular weight excluding hydrogens is 150 g/mol. The smallest absolute Gasteiger partial charge is 0.317 e. The molecule has 0 saturated carbocycles. The maximum absolute atomic E-state index is 10.3. The zero-order valence-corrected chi connectivity index (χ0v) is 6.23. The van der Waals surface area contributed by atoms with Gasteiger partial charge in [0.2, 0.25) is 0 Å². The Morgan fingerprint density at radius 1 is 1.90 bits per heavy atom. The number of anilines is 1. The van der Waals surface area contributed by atoms with E-state index in [1.807, 2.05) is 6.92 Å². The molecule has 10 heavy (non-hydrogen) atoms. The van der Waals surface area contributed by atoms with Crippen LogP contribution >= 0.6 is 11.5 Å². The molecule has 0 aromatic carbocycles. The van der Waals surface area contributed by atoms with Gasteiger partial charge in [-0.2, -0.15) is 4.37 Å². The molecule has 0 unspecified atom stereocenters. The van der Waals surface area contributed by atoms with Crippen LogP contribution in [0.2, 0.25) is 0 Å². The van der Waals surface area contributed by atoms with Crippen molar-refractivity contribution in [1.82, 2.24) is 4.37 Å². The van der Waals surface area contributed by atoms with E-state index in [1.165, 1.54) is 11.5 Å². The molecule has 0 atom stereocenters. The van der Waals surface area contributed by atoms with E-state index in [9.17, 15) is 4.79 Å². The first-order valence-corrected chi connectivity index (χ1v) is 3.45. The Kier molecular flexibility index (Phi) is 1.86. The van der Waals surface area contributed by atoms with Gasteiger partial charge in [0.05, 0.1) is 5.69 Å². The summed E-state index contributed by atoms with van der Waals surface area (Å²) in [7, 11) is 0. The van der Waals surface area contributed by atoms with E-state index in [4.69, 9.17) is 5.73 Å². The largest absolute Gasteiger partial charge is 0.351 e. The van der Waals surface area contributed by atoms with Crippen LogP contribution < -0.4 is 11.1 Å². The normalized spacial score (nSPS) is 9.30. The molecule has 2 amide bonds. The van der Waals surface area contributed by atoms with Gasteiger partial charge in [-0.3, -0.25) is 5.32 Å². The molecule has 0 saturated heterocycles. The van der Waals surface area contributed by atoms with Crippen LogP contribution in [0, 0.1) is 6.92 Å². The van der Waals surface area contributed by atoms with Gasteiger partial charge < -0.3 is 5.73 Å². The van der Waals surface area contributed by atoms with E-state index in [1.54, 1.807) is 6.07 Å². The Bertz CT molecular complexity index is 245. The number of nitrogens with zero attached hydrogens (tertiary/aromatic N) is 1. The van der Waals surface area contributed by atoms with Crippen LogP contribution in [-0.4, -0.2) is 10.4 Å². The van der Waals surface area contributed by atoms with Crippen molar-refractivity contribution >= 4 is 22.6 Å². The fourth-order valence-corrected chi connectivity index (χ4v) is 1.21. The lowest BCUT2D eigenvalue weighted by Gasteiger charge is -1.91. The fourth-order valence-electron chi connectivity index (χ4n) is 0.544. The summed E-state index contributed by atoms with van der Waals surface area (Å²) in [5, 5.41) is 3.11. The number of hydrogen-bond donors (Lipinski definition) is 2. The lowest BCUT2D eigenvalue weighted by molar-refractivity contribution is 0.259. The minimum absolute atomic E-state index is 0.552. The summed E-state index contributed by atoms with van der Waals surface area (Å²) < 4.78 is 3.94. The molecule has 4 nitrogen and oxygen atoms in total. The van der Waals surface area contributed by atoms with Crippen LogP contribution in [0.4, 0.5) is 9.80 Å². The van der Waals surface area contributed by atoms with Crippen molar-refractivity contribution in [3.05, 3.63) is 11.8 Å². The number of nitrogens with two attached hydrogens (primary N) is 1. The van der Waals surface area contributed by atoms with E-state index in [0.717, 1.165) is 5.69 Å². The fraction of sp³-hybridized carbons (Fsp3) is 0.200. The van der Waals surface area contributed by atoms with Gasteiger partial charge in [0, 0.05) is 0 Å². The van der Waals surface area contributed by atoms with Crippen molar-refractivity contribution in [3.63, 3.8) is 0 Å². The zero-order valence-electron chi connectivity index (χ0n) is 5.42. The molecule has 1 rings (SSSR count). The molecule has 0 radical (unpaired) electrons. The Balaban J connectivity index is 2.67. The SMILES string of the molecule is Cc1cc(NC(N)=O)sn1. The summed E-state index contributed by atoms with van der Waals surface area (Å²) in [6, 6.07) is 1.21. The first kappa shape index (κ1) is 7.01. The minimum Gasteiger partial charge on any atom is -0.351 e. The Labute approximate surface area is 62.2 Å². The Morgan fingerprint density at radius 2 is 2.60 bits per heavy atom. The van der Waals surface area contributed by atoms with Crippen LogP contribution in [0.15, 0.2) is 6.07 Å². The molecule has 0 fully saturated rings. The maximum atomic E-state index is 10.3. The monoisotopic (exact) mass is 157 g/mol. The van der Waals surface area contributed by atoms with Crippen molar-refractivity contribution in [3.8, 4) is 0 Å². The highest BCUT2D eigenvalue weighted by atomic mass is 32.1. The van der Waals surface area contributed by atoms with Gasteiger partial charge in [0.15, 0.2) is 0 Å². The summed E-state index contributed by atoms with van der Waals surface area (Å²) in [4.78, 5) is 10.3. The quantitative estimate of drug-likeness (QED) is 0.637. The molecule has 1 aromatic heterocycles. The van der Waals surface area contributed by atoms with Crippen LogP contribution in [0.5, 0.6) is 0 Å². The zero-order chi connectivity index (χ0) is 7.56. The second-order valence-electron chi connectivity index (χ2n) is 1.82. The highest BCUT2D eigenvalue weighted by molar-refractivity contribution is 7.10. The van der Waals surface area contributed by atoms with E-state index in [2.05, 4.69) is 9.69 Å². The number of urea groups is 1. The van der Waals surface area contributed by atoms with Crippen molar-refractivity contribution in [1.29, 1.82) is 0 Å². The number of aromatic nitrogens is 1. The average Bonchev–Trinajstić information content (AvgIpc) is 2.13. The summed E-state index contributed by atoms with van der Waals surface area (Å²) in [6.07, 6.45) is 0. The minimum atomic E-state index is -0.552. The third-order valence-corrected chi connectivity index (χ3v) is 1.67. The summed E-state index contributed by atoms with van der Waals surface area (Å²) in [5.74, 6) is 0. The first-order valence-electron chi connectivity index (χ1n) is 2.68. The van der Waals surface area contributed by atoms with Crippen LogP contribution in [0.3, 0.4) is 0 Å². The number of carbonyl (C=O) groups is 1. The van der Waals surface area contributed by atoms with Crippen molar-refractivity contribution in [2.45, 2.75) is 6.92 Å². The lowest BCUT2D eigenvalue weighted by Crippen LogP contribution is -2.18. The molecule has 1 heterocycles. The molecule has 3 N–H and O–H groups in total. The molecule has 0 bridgehead atoms. The van der Waals surface area contributed by atoms with Gasteiger partial charge in [-0.15, -0.1) is 0 Å². The van der Waals surface area contributed by atoms with Crippen LogP contribution in [0.1, 0.15) is 5.69 Å². The van der Waals surface area contributed by atoms with Crippen molar-refractivity contribution < 1.29 is 4.79 Å². The maximum Gasteiger partial charge on any atom is 0.317 e. The number of rotatable bonds is 1. The number of aryl methyl sites for hydroxylation is 1. The van der Waals surface area contributed by atoms with Crippen molar-refractivity contribution in [2.24, 2.45) is 5.73 Å². The molecule has 54 valence electrons. The molecule has 0 spiro atoms. The van der Waals surface area contributed by atoms with E-state index in [-0.39, 0.29) is 0 Å². The Morgan fingerprint density at radius 3 is 3.00 bits per heavy atom. The number of hydrogen-bond acceptors (Lipinski definition) is 3. The van der Waals surface area contributed by atoms with E-state index < -0.39 is 6.03 Å². The van der Waals surface area contributed by atoms with Gasteiger partial charge in [0.25, 0.3) is 0 Å². The topological polar surface area (TPSA) is 68.0 Å². The predicted molar refractivity (Wildman–Crippen MR) is 40.1 cm³/mol. The second-order valence-corrected chi connectivity index (χ2v) is 2.63. The third-order valence-electron chi connectivity index (χ3n) is 0.874. The van der Waals surface area contributed by atoms with Crippen molar-refractivity contribution in [2.75, 3.05) is 5.32 Å².